The Hall–Kier alpha value is -2.18. The molecule has 6 nitrogen and oxygen atoms in total. The van der Waals surface area contributed by atoms with Gasteiger partial charge < -0.3 is 14.5 Å². The van der Waals surface area contributed by atoms with Crippen molar-refractivity contribution in [2.45, 2.75) is 38.0 Å². The summed E-state index contributed by atoms with van der Waals surface area (Å²) in [5.41, 5.74) is 2.36. The zero-order valence-electron chi connectivity index (χ0n) is 14.8. The highest BCUT2D eigenvalue weighted by Gasteiger charge is 2.41. The molecule has 138 valence electrons. The number of carbonyl (C=O) groups is 1. The van der Waals surface area contributed by atoms with E-state index in [1.807, 2.05) is 18.2 Å². The third-order valence-electron chi connectivity index (χ3n) is 5.38. The third-order valence-corrected chi connectivity index (χ3v) is 5.38. The number of carbonyl (C=O) groups excluding carboxylic acids is 1. The minimum Gasteiger partial charge on any atom is -0.472 e. The number of fused-ring (bicyclic) bond motifs is 1. The Morgan fingerprint density at radius 3 is 2.96 bits per heavy atom. The molecular weight excluding hydrogens is 330 g/mol. The maximum absolute atomic E-state index is 12.4. The van der Waals surface area contributed by atoms with Gasteiger partial charge in [0, 0.05) is 37.6 Å². The highest BCUT2D eigenvalue weighted by molar-refractivity contribution is 5.81. The van der Waals surface area contributed by atoms with E-state index in [-0.39, 0.29) is 18.1 Å². The molecule has 1 N–H and O–H groups in total. The first-order valence-electron chi connectivity index (χ1n) is 9.33. The number of rotatable bonds is 6. The standard InChI is InChI=1S/C20H25N3O3/c24-20(22-8-3-15-1-6-21-7-2-15)18-11-17-4-9-23(13-19(17)26-18)12-16-5-10-25-14-16/h1-2,5-7,10,14,17-19H,3-4,8-9,11-13H2,(H,22,24)/t17-,18+,19+/m1/s1. The van der Waals surface area contributed by atoms with Crippen molar-refractivity contribution in [2.24, 2.45) is 5.92 Å². The molecule has 2 aliphatic rings. The predicted molar refractivity (Wildman–Crippen MR) is 96.3 cm³/mol. The molecule has 26 heavy (non-hydrogen) atoms. The molecule has 6 heteroatoms. The highest BCUT2D eigenvalue weighted by Crippen LogP contribution is 2.33. The lowest BCUT2D eigenvalue weighted by Crippen LogP contribution is -2.42. The van der Waals surface area contributed by atoms with Crippen LogP contribution in [0.5, 0.6) is 0 Å². The fourth-order valence-corrected chi connectivity index (χ4v) is 3.94. The summed E-state index contributed by atoms with van der Waals surface area (Å²) in [6.45, 7) is 3.44. The molecule has 4 rings (SSSR count). The molecule has 0 unspecified atom stereocenters. The highest BCUT2D eigenvalue weighted by atomic mass is 16.5. The molecule has 2 aromatic rings. The monoisotopic (exact) mass is 355 g/mol. The van der Waals surface area contributed by atoms with Gasteiger partial charge in [0.15, 0.2) is 0 Å². The summed E-state index contributed by atoms with van der Waals surface area (Å²) >= 11 is 0. The minimum atomic E-state index is -0.309. The topological polar surface area (TPSA) is 67.6 Å². The molecule has 3 atom stereocenters. The Kier molecular flexibility index (Phi) is 5.32. The average Bonchev–Trinajstić information content (AvgIpc) is 3.32. The summed E-state index contributed by atoms with van der Waals surface area (Å²) in [5.74, 6) is 0.515. The van der Waals surface area contributed by atoms with Crippen molar-refractivity contribution in [3.63, 3.8) is 0 Å². The third kappa shape index (κ3) is 4.14. The van der Waals surface area contributed by atoms with Gasteiger partial charge in [-0.2, -0.15) is 0 Å². The summed E-state index contributed by atoms with van der Waals surface area (Å²) < 4.78 is 11.2. The Labute approximate surface area is 153 Å². The summed E-state index contributed by atoms with van der Waals surface area (Å²) in [7, 11) is 0. The molecule has 0 radical (unpaired) electrons. The second-order valence-corrected chi connectivity index (χ2v) is 7.21. The molecule has 0 bridgehead atoms. The van der Waals surface area contributed by atoms with Gasteiger partial charge in [0.1, 0.15) is 6.10 Å². The van der Waals surface area contributed by atoms with Crippen LogP contribution < -0.4 is 5.32 Å². The van der Waals surface area contributed by atoms with Crippen LogP contribution in [0.4, 0.5) is 0 Å². The maximum atomic E-state index is 12.4. The number of piperidine rings is 1. The number of pyridine rings is 1. The van der Waals surface area contributed by atoms with Gasteiger partial charge in [-0.05, 0) is 55.5 Å². The Morgan fingerprint density at radius 1 is 1.27 bits per heavy atom. The van der Waals surface area contributed by atoms with E-state index in [2.05, 4.69) is 15.2 Å². The lowest BCUT2D eigenvalue weighted by Gasteiger charge is -2.33. The van der Waals surface area contributed by atoms with Crippen LogP contribution in [0.15, 0.2) is 47.5 Å². The molecule has 2 aliphatic heterocycles. The van der Waals surface area contributed by atoms with Gasteiger partial charge in [-0.3, -0.25) is 14.7 Å². The number of likely N-dealkylation sites (tertiary alicyclic amines) is 1. The van der Waals surface area contributed by atoms with Crippen molar-refractivity contribution in [1.29, 1.82) is 0 Å². The van der Waals surface area contributed by atoms with Gasteiger partial charge >= 0.3 is 0 Å². The molecule has 0 saturated carbocycles. The van der Waals surface area contributed by atoms with Gasteiger partial charge in [0.25, 0.3) is 0 Å². The number of furan rings is 1. The molecule has 0 aromatic carbocycles. The van der Waals surface area contributed by atoms with E-state index in [1.165, 1.54) is 11.1 Å². The van der Waals surface area contributed by atoms with Gasteiger partial charge in [-0.15, -0.1) is 0 Å². The fraction of sp³-hybridized carbons (Fsp3) is 0.500. The van der Waals surface area contributed by atoms with Crippen molar-refractivity contribution < 1.29 is 13.9 Å². The number of hydrogen-bond acceptors (Lipinski definition) is 5. The quantitative estimate of drug-likeness (QED) is 0.859. The first-order valence-corrected chi connectivity index (χ1v) is 9.33. The smallest absolute Gasteiger partial charge is 0.249 e. The summed E-state index contributed by atoms with van der Waals surface area (Å²) in [4.78, 5) is 18.8. The normalized spacial score (nSPS) is 25.8. The predicted octanol–water partition coefficient (Wildman–Crippen LogP) is 2.01. The van der Waals surface area contributed by atoms with Gasteiger partial charge in [0.2, 0.25) is 5.91 Å². The summed E-state index contributed by atoms with van der Waals surface area (Å²) in [6, 6.07) is 5.95. The Morgan fingerprint density at radius 2 is 2.15 bits per heavy atom. The number of ether oxygens (including phenoxy) is 1. The molecular formula is C20H25N3O3. The molecule has 0 aliphatic carbocycles. The summed E-state index contributed by atoms with van der Waals surface area (Å²) in [6.07, 6.45) is 9.64. The maximum Gasteiger partial charge on any atom is 0.249 e. The van der Waals surface area contributed by atoms with Crippen LogP contribution >= 0.6 is 0 Å². The number of hydrogen-bond donors (Lipinski definition) is 1. The second kappa shape index (κ2) is 8.01. The van der Waals surface area contributed by atoms with E-state index in [0.717, 1.165) is 38.9 Å². The number of nitrogens with zero attached hydrogens (tertiary/aromatic N) is 2. The zero-order valence-corrected chi connectivity index (χ0v) is 14.8. The fourth-order valence-electron chi connectivity index (χ4n) is 3.94. The van der Waals surface area contributed by atoms with Crippen molar-refractivity contribution in [3.05, 3.63) is 54.2 Å². The lowest BCUT2D eigenvalue weighted by molar-refractivity contribution is -0.132. The van der Waals surface area contributed by atoms with Crippen LogP contribution in [0.2, 0.25) is 0 Å². The minimum absolute atomic E-state index is 0.0230. The van der Waals surface area contributed by atoms with Gasteiger partial charge in [-0.1, -0.05) is 0 Å². The largest absolute Gasteiger partial charge is 0.472 e. The summed E-state index contributed by atoms with van der Waals surface area (Å²) in [5, 5.41) is 3.02. The van der Waals surface area contributed by atoms with Crippen LogP contribution in [0.25, 0.3) is 0 Å². The first kappa shape index (κ1) is 17.2. The average molecular weight is 355 g/mol. The van der Waals surface area contributed by atoms with E-state index in [4.69, 9.17) is 9.15 Å². The Bertz CT molecular complexity index is 704. The van der Waals surface area contributed by atoms with Crippen molar-refractivity contribution in [3.8, 4) is 0 Å². The van der Waals surface area contributed by atoms with Crippen LogP contribution in [0, 0.1) is 5.92 Å². The van der Waals surface area contributed by atoms with E-state index < -0.39 is 0 Å². The number of nitrogens with one attached hydrogen (secondary N) is 1. The Balaban J connectivity index is 1.23. The molecule has 4 heterocycles. The van der Waals surface area contributed by atoms with Gasteiger partial charge in [-0.25, -0.2) is 0 Å². The lowest BCUT2D eigenvalue weighted by atomic mass is 9.91. The molecule has 1 amide bonds. The number of aromatic nitrogens is 1. The van der Waals surface area contributed by atoms with E-state index >= 15 is 0 Å². The van der Waals surface area contributed by atoms with Gasteiger partial charge in [0.05, 0.1) is 18.6 Å². The van der Waals surface area contributed by atoms with E-state index in [9.17, 15) is 4.79 Å². The first-order chi connectivity index (χ1) is 12.8. The van der Waals surface area contributed by atoms with Crippen molar-refractivity contribution in [2.75, 3.05) is 19.6 Å². The molecule has 2 aromatic heterocycles. The SMILES string of the molecule is O=C(NCCc1ccncc1)[C@@H]1C[C@H]2CCN(Cc3ccoc3)C[C@@H]2O1. The molecule has 0 spiro atoms. The van der Waals surface area contributed by atoms with Crippen LogP contribution in [-0.4, -0.2) is 47.6 Å². The molecule has 2 fully saturated rings. The zero-order chi connectivity index (χ0) is 17.8. The second-order valence-electron chi connectivity index (χ2n) is 7.21. The van der Waals surface area contributed by atoms with Crippen LogP contribution in [0.1, 0.15) is 24.0 Å². The molecule has 2 saturated heterocycles. The number of amides is 1. The van der Waals surface area contributed by atoms with Crippen LogP contribution in [-0.2, 0) is 22.5 Å². The van der Waals surface area contributed by atoms with E-state index in [0.29, 0.717) is 12.5 Å². The van der Waals surface area contributed by atoms with Crippen LogP contribution in [0.3, 0.4) is 0 Å². The van der Waals surface area contributed by atoms with Crippen molar-refractivity contribution >= 4 is 5.91 Å². The van der Waals surface area contributed by atoms with Crippen molar-refractivity contribution in [1.82, 2.24) is 15.2 Å². The van der Waals surface area contributed by atoms with E-state index in [1.54, 1.807) is 24.9 Å².